The fourth-order valence-corrected chi connectivity index (χ4v) is 4.28. The zero-order valence-corrected chi connectivity index (χ0v) is 21.5. The van der Waals surface area contributed by atoms with Gasteiger partial charge in [-0.05, 0) is 63.0 Å². The zero-order chi connectivity index (χ0) is 25.0. The maximum absolute atomic E-state index is 13.7. The van der Waals surface area contributed by atoms with Crippen molar-refractivity contribution in [3.05, 3.63) is 102 Å². The second-order valence-corrected chi connectivity index (χ2v) is 9.52. The number of nitrogens with one attached hydrogen (secondary N) is 1. The summed E-state index contributed by atoms with van der Waals surface area (Å²) in [5.74, 6) is -2.33. The van der Waals surface area contributed by atoms with Gasteiger partial charge in [0.15, 0.2) is 0 Å². The first kappa shape index (κ1) is 26.8. The van der Waals surface area contributed by atoms with Gasteiger partial charge in [0, 0.05) is 17.2 Å². The Morgan fingerprint density at radius 2 is 1.74 bits per heavy atom. The summed E-state index contributed by atoms with van der Waals surface area (Å²) in [5, 5.41) is 2.94. The van der Waals surface area contributed by atoms with Crippen LogP contribution in [-0.2, 0) is 6.54 Å². The normalized spacial score (nSPS) is 12.7. The van der Waals surface area contributed by atoms with E-state index in [1.807, 2.05) is 0 Å². The van der Waals surface area contributed by atoms with Crippen LogP contribution in [0.1, 0.15) is 33.0 Å². The molecule has 2 aromatic carbocycles. The number of amides is 1. The Hall–Kier alpha value is -1.77. The third-order valence-corrected chi connectivity index (χ3v) is 6.76. The van der Waals surface area contributed by atoms with Gasteiger partial charge in [-0.2, -0.15) is 13.2 Å². The Labute approximate surface area is 222 Å². The van der Waals surface area contributed by atoms with Crippen molar-refractivity contribution in [2.24, 2.45) is 0 Å². The minimum Gasteiger partial charge on any atom is -0.348 e. The Morgan fingerprint density at radius 1 is 1.06 bits per heavy atom. The summed E-state index contributed by atoms with van der Waals surface area (Å²) in [5.41, 5.74) is 1.39. The van der Waals surface area contributed by atoms with Gasteiger partial charge in [-0.15, -0.1) is 0 Å². The number of carbonyl (C=O) groups excluding carboxylic acids is 1. The number of pyridine rings is 1. The van der Waals surface area contributed by atoms with E-state index >= 15 is 0 Å². The maximum Gasteiger partial charge on any atom is 0.399 e. The summed E-state index contributed by atoms with van der Waals surface area (Å²) in [6.45, 7) is 0.233. The molecule has 0 saturated heterocycles. The van der Waals surface area contributed by atoms with Gasteiger partial charge in [0.2, 0.25) is 0 Å². The predicted octanol–water partition coefficient (Wildman–Crippen LogP) is 8.75. The smallest absolute Gasteiger partial charge is 0.348 e. The minimum absolute atomic E-state index is 0.0119. The molecule has 0 aliphatic rings. The van der Waals surface area contributed by atoms with Crippen LogP contribution in [0.25, 0.3) is 6.08 Å². The summed E-state index contributed by atoms with van der Waals surface area (Å²) in [6, 6.07) is 10.2. The van der Waals surface area contributed by atoms with Gasteiger partial charge in [0.05, 0.1) is 26.5 Å². The number of benzene rings is 2. The predicted molar refractivity (Wildman–Crippen MR) is 134 cm³/mol. The molecule has 0 spiro atoms. The highest BCUT2D eigenvalue weighted by molar-refractivity contribution is 9.10. The quantitative estimate of drug-likeness (QED) is 0.223. The van der Waals surface area contributed by atoms with E-state index in [1.54, 1.807) is 24.4 Å². The second-order valence-electron chi connectivity index (χ2n) is 7.09. The molecule has 1 N–H and O–H groups in total. The van der Waals surface area contributed by atoms with Crippen molar-refractivity contribution in [2.45, 2.75) is 18.6 Å². The molecule has 0 aliphatic carbocycles. The summed E-state index contributed by atoms with van der Waals surface area (Å²) >= 11 is 26.7. The van der Waals surface area contributed by atoms with Crippen molar-refractivity contribution < 1.29 is 18.0 Å². The van der Waals surface area contributed by atoms with Gasteiger partial charge in [0.1, 0.15) is 5.15 Å². The molecule has 3 rings (SSSR count). The third-order valence-electron chi connectivity index (χ3n) is 4.68. The lowest BCUT2D eigenvalue weighted by atomic mass is 9.97. The van der Waals surface area contributed by atoms with Crippen molar-refractivity contribution in [3.8, 4) is 0 Å². The van der Waals surface area contributed by atoms with Crippen molar-refractivity contribution >= 4 is 74.3 Å². The largest absolute Gasteiger partial charge is 0.399 e. The maximum atomic E-state index is 13.7. The number of halogens is 8. The molecule has 1 heterocycles. The molecule has 0 aliphatic heterocycles. The van der Waals surface area contributed by atoms with Crippen LogP contribution in [0.15, 0.2) is 59.2 Å². The minimum atomic E-state index is -4.59. The molecule has 1 aromatic heterocycles. The summed E-state index contributed by atoms with van der Waals surface area (Å²) in [6.07, 6.45) is -0.750. The fraction of sp³-hybridized carbons (Fsp3) is 0.130. The van der Waals surface area contributed by atoms with Gasteiger partial charge in [-0.3, -0.25) is 4.79 Å². The lowest BCUT2D eigenvalue weighted by Gasteiger charge is -2.18. The van der Waals surface area contributed by atoms with Crippen LogP contribution < -0.4 is 5.32 Å². The number of alkyl halides is 3. The Kier molecular flexibility index (Phi) is 8.93. The number of carbonyl (C=O) groups is 1. The number of rotatable bonds is 6. The molecule has 3 aromatic rings. The molecule has 3 nitrogen and oxygen atoms in total. The highest BCUT2D eigenvalue weighted by Gasteiger charge is 2.39. The van der Waals surface area contributed by atoms with Crippen LogP contribution >= 0.6 is 62.3 Å². The highest BCUT2D eigenvalue weighted by atomic mass is 79.9. The van der Waals surface area contributed by atoms with E-state index in [2.05, 4.69) is 26.2 Å². The van der Waals surface area contributed by atoms with Crippen molar-refractivity contribution in [1.82, 2.24) is 10.3 Å². The molecule has 1 atom stereocenters. The number of allylic oxidation sites excluding steroid dienone is 1. The fourth-order valence-electron chi connectivity index (χ4n) is 2.98. The number of aromatic nitrogens is 1. The molecule has 0 bridgehead atoms. The number of hydrogen-bond acceptors (Lipinski definition) is 2. The molecule has 0 radical (unpaired) electrons. The summed E-state index contributed by atoms with van der Waals surface area (Å²) in [4.78, 5) is 16.4. The van der Waals surface area contributed by atoms with Crippen LogP contribution in [0.2, 0.25) is 20.2 Å². The van der Waals surface area contributed by atoms with Crippen LogP contribution in [0, 0.1) is 0 Å². The zero-order valence-electron chi connectivity index (χ0n) is 16.9. The molecule has 34 heavy (non-hydrogen) atoms. The highest BCUT2D eigenvalue weighted by Crippen LogP contribution is 2.41. The van der Waals surface area contributed by atoms with Gasteiger partial charge in [-0.25, -0.2) is 4.98 Å². The first-order valence-electron chi connectivity index (χ1n) is 9.53. The van der Waals surface area contributed by atoms with Gasteiger partial charge in [-0.1, -0.05) is 70.7 Å². The van der Waals surface area contributed by atoms with Gasteiger partial charge in [0.25, 0.3) is 5.91 Å². The summed E-state index contributed by atoms with van der Waals surface area (Å²) in [7, 11) is 0. The molecule has 1 amide bonds. The number of hydrogen-bond donors (Lipinski definition) is 1. The van der Waals surface area contributed by atoms with Crippen molar-refractivity contribution in [3.63, 3.8) is 0 Å². The number of nitrogens with zero attached hydrogens (tertiary/aromatic N) is 1. The van der Waals surface area contributed by atoms with Crippen LogP contribution in [0.4, 0.5) is 13.2 Å². The Bertz CT molecular complexity index is 1210. The van der Waals surface area contributed by atoms with E-state index in [9.17, 15) is 18.0 Å². The van der Waals surface area contributed by atoms with Gasteiger partial charge >= 0.3 is 6.18 Å². The lowest BCUT2D eigenvalue weighted by molar-refractivity contribution is -0.139. The molecular formula is C23H14BrCl4F3N2O. The van der Waals surface area contributed by atoms with Gasteiger partial charge < -0.3 is 5.32 Å². The standard InChI is InChI=1S/C23H14BrCl4F3N2O/c24-17-7-12(1-4-15(17)22(34)33-11-13-3-6-20(27)32-10-13)2-5-16(23(29,30)31)14-8-18(25)21(28)19(26)9-14/h1-10,16H,11H2,(H,33,34)/b5-2+. The van der Waals surface area contributed by atoms with Crippen LogP contribution in [-0.4, -0.2) is 17.1 Å². The van der Waals surface area contributed by atoms with E-state index in [4.69, 9.17) is 46.4 Å². The molecular weight excluding hydrogens is 599 g/mol. The van der Waals surface area contributed by atoms with Crippen molar-refractivity contribution in [1.29, 1.82) is 0 Å². The van der Waals surface area contributed by atoms with E-state index in [-0.39, 0.29) is 33.1 Å². The Balaban J connectivity index is 1.77. The van der Waals surface area contributed by atoms with E-state index in [1.165, 1.54) is 18.2 Å². The van der Waals surface area contributed by atoms with Crippen LogP contribution in [0.3, 0.4) is 0 Å². The first-order valence-corrected chi connectivity index (χ1v) is 11.8. The second kappa shape index (κ2) is 11.3. The molecule has 1 unspecified atom stereocenters. The monoisotopic (exact) mass is 610 g/mol. The SMILES string of the molecule is O=C(NCc1ccc(Cl)nc1)c1ccc(/C=C/C(c2cc(Cl)c(Cl)c(Cl)c2)C(F)(F)F)cc1Br. The molecule has 0 saturated carbocycles. The summed E-state index contributed by atoms with van der Waals surface area (Å²) < 4.78 is 41.6. The molecule has 178 valence electrons. The lowest BCUT2D eigenvalue weighted by Crippen LogP contribution is -2.23. The van der Waals surface area contributed by atoms with E-state index in [0.717, 1.165) is 23.8 Å². The van der Waals surface area contributed by atoms with Crippen LogP contribution in [0.5, 0.6) is 0 Å². The van der Waals surface area contributed by atoms with E-state index < -0.39 is 12.1 Å². The average Bonchev–Trinajstić information content (AvgIpc) is 2.76. The Morgan fingerprint density at radius 3 is 2.29 bits per heavy atom. The third kappa shape index (κ3) is 6.89. The van der Waals surface area contributed by atoms with Crippen molar-refractivity contribution in [2.75, 3.05) is 0 Å². The average molecular weight is 613 g/mol. The topological polar surface area (TPSA) is 42.0 Å². The molecule has 0 fully saturated rings. The first-order chi connectivity index (χ1) is 16.0. The van der Waals surface area contributed by atoms with E-state index in [0.29, 0.717) is 20.8 Å². The molecule has 11 heteroatoms.